The number of aliphatic hydroxyl groups excluding tert-OH is 1. The zero-order valence-electron chi connectivity index (χ0n) is 12.2. The van der Waals surface area contributed by atoms with Crippen LogP contribution in [0.1, 0.15) is 24.0 Å². The monoisotopic (exact) mass is 286 g/mol. The van der Waals surface area contributed by atoms with Gasteiger partial charge in [-0.05, 0) is 36.1 Å². The molecule has 112 valence electrons. The van der Waals surface area contributed by atoms with E-state index in [1.807, 2.05) is 48.8 Å². The number of hydrogen-bond acceptors (Lipinski definition) is 2. The number of carbonyl (C=O) groups excluding carboxylic acids is 1. The standard InChI is InChI=1S/C17H22N2O2/c20-14-16-7-5-15(6-8-16)9-10-18-17(21)4-3-13-19-11-1-2-12-19/h1-2,5-8,11-12,20H,3-4,9-10,13-14H2,(H,18,21). The molecule has 1 aromatic carbocycles. The molecule has 0 atom stereocenters. The Kier molecular flexibility index (Phi) is 6.03. The van der Waals surface area contributed by atoms with E-state index in [2.05, 4.69) is 9.88 Å². The number of amides is 1. The molecule has 0 aliphatic heterocycles. The minimum Gasteiger partial charge on any atom is -0.392 e. The molecule has 1 heterocycles. The van der Waals surface area contributed by atoms with Gasteiger partial charge in [0.05, 0.1) is 6.61 Å². The molecule has 1 amide bonds. The van der Waals surface area contributed by atoms with Gasteiger partial charge in [0.2, 0.25) is 5.91 Å². The average Bonchev–Trinajstić information content (AvgIpc) is 3.01. The fourth-order valence-electron chi connectivity index (χ4n) is 2.19. The number of hydrogen-bond donors (Lipinski definition) is 2. The number of nitrogens with zero attached hydrogens (tertiary/aromatic N) is 1. The molecular weight excluding hydrogens is 264 g/mol. The summed E-state index contributed by atoms with van der Waals surface area (Å²) in [4.78, 5) is 11.7. The molecule has 2 rings (SSSR count). The Hall–Kier alpha value is -2.07. The first kappa shape index (κ1) is 15.3. The van der Waals surface area contributed by atoms with Crippen molar-refractivity contribution in [2.45, 2.75) is 32.4 Å². The number of benzene rings is 1. The van der Waals surface area contributed by atoms with Gasteiger partial charge in [0, 0.05) is 31.9 Å². The average molecular weight is 286 g/mol. The second-order valence-electron chi connectivity index (χ2n) is 5.10. The van der Waals surface area contributed by atoms with Gasteiger partial charge in [-0.2, -0.15) is 0 Å². The summed E-state index contributed by atoms with van der Waals surface area (Å²) in [5, 5.41) is 11.9. The lowest BCUT2D eigenvalue weighted by Gasteiger charge is -2.06. The van der Waals surface area contributed by atoms with Crippen molar-refractivity contribution in [3.8, 4) is 0 Å². The fourth-order valence-corrected chi connectivity index (χ4v) is 2.19. The van der Waals surface area contributed by atoms with Gasteiger partial charge >= 0.3 is 0 Å². The van der Waals surface area contributed by atoms with Crippen LogP contribution < -0.4 is 5.32 Å². The van der Waals surface area contributed by atoms with E-state index < -0.39 is 0 Å². The molecule has 0 unspecified atom stereocenters. The van der Waals surface area contributed by atoms with Crippen LogP contribution in [0.2, 0.25) is 0 Å². The highest BCUT2D eigenvalue weighted by molar-refractivity contribution is 5.75. The van der Waals surface area contributed by atoms with Crippen molar-refractivity contribution in [1.29, 1.82) is 0 Å². The van der Waals surface area contributed by atoms with E-state index in [1.165, 1.54) is 5.56 Å². The summed E-state index contributed by atoms with van der Waals surface area (Å²) in [6.45, 7) is 1.60. The molecule has 0 spiro atoms. The second-order valence-corrected chi connectivity index (χ2v) is 5.10. The van der Waals surface area contributed by atoms with Gasteiger partial charge in [-0.25, -0.2) is 0 Å². The molecular formula is C17H22N2O2. The van der Waals surface area contributed by atoms with Crippen molar-refractivity contribution in [1.82, 2.24) is 9.88 Å². The Morgan fingerprint density at radius 2 is 1.76 bits per heavy atom. The molecule has 2 aromatic rings. The predicted molar refractivity (Wildman–Crippen MR) is 82.7 cm³/mol. The molecule has 0 fully saturated rings. The Morgan fingerprint density at radius 1 is 1.10 bits per heavy atom. The van der Waals surface area contributed by atoms with Crippen molar-refractivity contribution in [2.75, 3.05) is 6.54 Å². The van der Waals surface area contributed by atoms with Gasteiger partial charge in [-0.1, -0.05) is 24.3 Å². The number of nitrogens with one attached hydrogen (secondary N) is 1. The molecule has 4 nitrogen and oxygen atoms in total. The highest BCUT2D eigenvalue weighted by Gasteiger charge is 2.01. The predicted octanol–water partition coefficient (Wildman–Crippen LogP) is 2.12. The van der Waals surface area contributed by atoms with Crippen LogP contribution in [-0.4, -0.2) is 22.1 Å². The first-order valence-electron chi connectivity index (χ1n) is 7.34. The van der Waals surface area contributed by atoms with Crippen molar-refractivity contribution in [3.05, 3.63) is 59.9 Å². The quantitative estimate of drug-likeness (QED) is 0.781. The summed E-state index contributed by atoms with van der Waals surface area (Å²) in [6.07, 6.45) is 6.24. The molecule has 2 N–H and O–H groups in total. The van der Waals surface area contributed by atoms with Gasteiger partial charge in [0.15, 0.2) is 0 Å². The van der Waals surface area contributed by atoms with Gasteiger partial charge in [-0.3, -0.25) is 4.79 Å². The van der Waals surface area contributed by atoms with Gasteiger partial charge < -0.3 is 15.0 Å². The molecule has 1 aromatic heterocycles. The largest absolute Gasteiger partial charge is 0.392 e. The van der Waals surface area contributed by atoms with E-state index in [9.17, 15) is 4.79 Å². The number of carbonyl (C=O) groups is 1. The maximum Gasteiger partial charge on any atom is 0.220 e. The highest BCUT2D eigenvalue weighted by atomic mass is 16.3. The summed E-state index contributed by atoms with van der Waals surface area (Å²) < 4.78 is 2.08. The second kappa shape index (κ2) is 8.27. The third-order valence-corrected chi connectivity index (χ3v) is 3.43. The summed E-state index contributed by atoms with van der Waals surface area (Å²) in [6, 6.07) is 11.8. The van der Waals surface area contributed by atoms with E-state index >= 15 is 0 Å². The molecule has 21 heavy (non-hydrogen) atoms. The van der Waals surface area contributed by atoms with Crippen LogP contribution in [0.25, 0.3) is 0 Å². The first-order chi connectivity index (χ1) is 10.3. The number of aromatic nitrogens is 1. The van der Waals surface area contributed by atoms with E-state index in [-0.39, 0.29) is 12.5 Å². The fraction of sp³-hybridized carbons (Fsp3) is 0.353. The van der Waals surface area contributed by atoms with Crippen LogP contribution >= 0.6 is 0 Å². The van der Waals surface area contributed by atoms with Crippen molar-refractivity contribution in [2.24, 2.45) is 0 Å². The van der Waals surface area contributed by atoms with Crippen LogP contribution in [0.5, 0.6) is 0 Å². The van der Waals surface area contributed by atoms with E-state index in [0.29, 0.717) is 13.0 Å². The van der Waals surface area contributed by atoms with Crippen molar-refractivity contribution >= 4 is 5.91 Å². The maximum absolute atomic E-state index is 11.7. The minimum atomic E-state index is 0.0679. The van der Waals surface area contributed by atoms with Gasteiger partial charge in [0.1, 0.15) is 0 Å². The lowest BCUT2D eigenvalue weighted by molar-refractivity contribution is -0.121. The van der Waals surface area contributed by atoms with E-state index in [0.717, 1.165) is 24.9 Å². The summed E-state index contributed by atoms with van der Waals surface area (Å²) >= 11 is 0. The Morgan fingerprint density at radius 3 is 2.43 bits per heavy atom. The minimum absolute atomic E-state index is 0.0679. The van der Waals surface area contributed by atoms with Gasteiger partial charge in [0.25, 0.3) is 0 Å². The molecule has 0 bridgehead atoms. The lowest BCUT2D eigenvalue weighted by atomic mass is 10.1. The highest BCUT2D eigenvalue weighted by Crippen LogP contribution is 2.04. The molecule has 0 saturated heterocycles. The number of aryl methyl sites for hydroxylation is 1. The van der Waals surface area contributed by atoms with Crippen molar-refractivity contribution in [3.63, 3.8) is 0 Å². The maximum atomic E-state index is 11.7. The van der Waals surface area contributed by atoms with Crippen molar-refractivity contribution < 1.29 is 9.90 Å². The molecule has 0 aliphatic carbocycles. The Labute approximate surface area is 125 Å². The third kappa shape index (κ3) is 5.44. The number of rotatable bonds is 8. The third-order valence-electron chi connectivity index (χ3n) is 3.43. The van der Waals surface area contributed by atoms with Crippen LogP contribution in [-0.2, 0) is 24.4 Å². The number of aliphatic hydroxyl groups is 1. The molecule has 4 heteroatoms. The normalized spacial score (nSPS) is 10.5. The van der Waals surface area contributed by atoms with Crippen LogP contribution in [0, 0.1) is 0 Å². The van der Waals surface area contributed by atoms with Crippen LogP contribution in [0.4, 0.5) is 0 Å². The first-order valence-corrected chi connectivity index (χ1v) is 7.34. The smallest absolute Gasteiger partial charge is 0.220 e. The van der Waals surface area contributed by atoms with Gasteiger partial charge in [-0.15, -0.1) is 0 Å². The summed E-state index contributed by atoms with van der Waals surface area (Å²) in [5.74, 6) is 0.106. The molecule has 0 saturated carbocycles. The zero-order valence-corrected chi connectivity index (χ0v) is 12.2. The SMILES string of the molecule is O=C(CCCn1cccc1)NCCc1ccc(CO)cc1. The van der Waals surface area contributed by atoms with E-state index in [1.54, 1.807) is 0 Å². The van der Waals surface area contributed by atoms with Crippen LogP contribution in [0.15, 0.2) is 48.8 Å². The lowest BCUT2D eigenvalue weighted by Crippen LogP contribution is -2.25. The van der Waals surface area contributed by atoms with E-state index in [4.69, 9.17) is 5.11 Å². The Balaban J connectivity index is 1.60. The Bertz CT molecular complexity index is 532. The summed E-state index contributed by atoms with van der Waals surface area (Å²) in [5.41, 5.74) is 2.08. The zero-order chi connectivity index (χ0) is 14.9. The molecule has 0 aliphatic rings. The summed E-state index contributed by atoms with van der Waals surface area (Å²) in [7, 11) is 0. The topological polar surface area (TPSA) is 54.3 Å². The molecule has 0 radical (unpaired) electrons. The van der Waals surface area contributed by atoms with Crippen LogP contribution in [0.3, 0.4) is 0 Å².